The van der Waals surface area contributed by atoms with Gasteiger partial charge in [0, 0.05) is 6.54 Å². The van der Waals surface area contributed by atoms with Crippen molar-refractivity contribution in [2.24, 2.45) is 0 Å². The number of carbonyl (C=O) groups excluding carboxylic acids is 1. The number of rotatable bonds is 7. The molecule has 1 rings (SSSR count). The van der Waals surface area contributed by atoms with Crippen molar-refractivity contribution in [3.05, 3.63) is 29.8 Å². The Bertz CT molecular complexity index is 541. The van der Waals surface area contributed by atoms with E-state index >= 15 is 0 Å². The van der Waals surface area contributed by atoms with Gasteiger partial charge in [-0.25, -0.2) is 17.9 Å². The molecule has 0 atom stereocenters. The average molecular weight is 298 g/mol. The third kappa shape index (κ3) is 5.61. The van der Waals surface area contributed by atoms with Crippen LogP contribution in [-0.4, -0.2) is 21.0 Å². The molecule has 0 saturated heterocycles. The zero-order valence-corrected chi connectivity index (χ0v) is 12.8. The molecule has 0 radical (unpaired) electrons. The Balaban J connectivity index is 2.48. The molecular weight excluding hydrogens is 276 g/mol. The zero-order valence-electron chi connectivity index (χ0n) is 12.0. The highest BCUT2D eigenvalue weighted by molar-refractivity contribution is 7.90. The van der Waals surface area contributed by atoms with E-state index in [0.717, 1.165) is 31.2 Å². The molecule has 0 fully saturated rings. The molecule has 0 bridgehead atoms. The predicted molar refractivity (Wildman–Crippen MR) is 79.0 cm³/mol. The Kier molecular flexibility index (Phi) is 6.51. The van der Waals surface area contributed by atoms with Crippen molar-refractivity contribution in [2.75, 3.05) is 6.54 Å². The van der Waals surface area contributed by atoms with Crippen LogP contribution in [0.5, 0.6) is 0 Å². The normalized spacial score (nSPS) is 11.1. The van der Waals surface area contributed by atoms with Gasteiger partial charge < -0.3 is 5.32 Å². The fourth-order valence-electron chi connectivity index (χ4n) is 1.75. The molecule has 5 nitrogen and oxygen atoms in total. The number of sulfonamides is 1. The molecular formula is C14H22N2O3S. The molecule has 6 heteroatoms. The lowest BCUT2D eigenvalue weighted by Gasteiger charge is -2.09. The number of hydrogen-bond acceptors (Lipinski definition) is 3. The first-order valence-corrected chi connectivity index (χ1v) is 8.31. The van der Waals surface area contributed by atoms with Crippen LogP contribution in [0.2, 0.25) is 0 Å². The number of hydrogen-bond donors (Lipinski definition) is 2. The summed E-state index contributed by atoms with van der Waals surface area (Å²) >= 11 is 0. The number of carbonyl (C=O) groups is 1. The Morgan fingerprint density at radius 1 is 1.20 bits per heavy atom. The smallest absolute Gasteiger partial charge is 0.328 e. The molecule has 0 unspecified atom stereocenters. The molecule has 20 heavy (non-hydrogen) atoms. The van der Waals surface area contributed by atoms with Gasteiger partial charge in [0.25, 0.3) is 10.0 Å². The monoisotopic (exact) mass is 298 g/mol. The molecule has 112 valence electrons. The molecule has 2 amide bonds. The summed E-state index contributed by atoms with van der Waals surface area (Å²) in [6.07, 6.45) is 4.12. The summed E-state index contributed by atoms with van der Waals surface area (Å²) in [5, 5.41) is 2.55. The minimum Gasteiger partial charge on any atom is -0.337 e. The number of benzene rings is 1. The topological polar surface area (TPSA) is 75.3 Å². The molecule has 0 aliphatic heterocycles. The molecule has 0 aromatic heterocycles. The maximum atomic E-state index is 12.0. The van der Waals surface area contributed by atoms with E-state index in [4.69, 9.17) is 0 Å². The van der Waals surface area contributed by atoms with Crippen molar-refractivity contribution in [1.82, 2.24) is 10.0 Å². The number of nitrogens with one attached hydrogen (secondary N) is 2. The SMILES string of the molecule is CCCCCCNC(=O)NS(=O)(=O)c1cccc(C)c1. The van der Waals surface area contributed by atoms with Crippen LogP contribution in [-0.2, 0) is 10.0 Å². The van der Waals surface area contributed by atoms with E-state index in [1.54, 1.807) is 19.1 Å². The first-order valence-electron chi connectivity index (χ1n) is 6.83. The number of unbranched alkanes of at least 4 members (excludes halogenated alkanes) is 3. The molecule has 2 N–H and O–H groups in total. The van der Waals surface area contributed by atoms with E-state index < -0.39 is 16.1 Å². The van der Waals surface area contributed by atoms with E-state index in [2.05, 4.69) is 12.2 Å². The number of amides is 2. The van der Waals surface area contributed by atoms with E-state index in [-0.39, 0.29) is 4.90 Å². The van der Waals surface area contributed by atoms with Gasteiger partial charge >= 0.3 is 6.03 Å². The van der Waals surface area contributed by atoms with Crippen molar-refractivity contribution >= 4 is 16.1 Å². The first kappa shape index (κ1) is 16.5. The number of urea groups is 1. The van der Waals surface area contributed by atoms with Crippen molar-refractivity contribution in [2.45, 2.75) is 44.4 Å². The van der Waals surface area contributed by atoms with Crippen molar-refractivity contribution in [3.8, 4) is 0 Å². The summed E-state index contributed by atoms with van der Waals surface area (Å²) in [5.41, 5.74) is 0.827. The fourth-order valence-corrected chi connectivity index (χ4v) is 2.79. The average Bonchev–Trinajstić information content (AvgIpc) is 2.38. The van der Waals surface area contributed by atoms with Crippen LogP contribution < -0.4 is 10.0 Å². The lowest BCUT2D eigenvalue weighted by molar-refractivity contribution is 0.245. The molecule has 0 spiro atoms. The van der Waals surface area contributed by atoms with Gasteiger partial charge in [0.2, 0.25) is 0 Å². The van der Waals surface area contributed by atoms with Gasteiger partial charge in [0.05, 0.1) is 4.90 Å². The summed E-state index contributed by atoms with van der Waals surface area (Å²) in [5.74, 6) is 0. The van der Waals surface area contributed by atoms with Crippen LogP contribution in [0.3, 0.4) is 0 Å². The van der Waals surface area contributed by atoms with Gasteiger partial charge in [-0.1, -0.05) is 38.3 Å². The van der Waals surface area contributed by atoms with Crippen LogP contribution in [0.25, 0.3) is 0 Å². The first-order chi connectivity index (χ1) is 9.45. The lowest BCUT2D eigenvalue weighted by atomic mass is 10.2. The van der Waals surface area contributed by atoms with Crippen molar-refractivity contribution < 1.29 is 13.2 Å². The Morgan fingerprint density at radius 2 is 1.95 bits per heavy atom. The van der Waals surface area contributed by atoms with E-state index in [1.165, 1.54) is 12.1 Å². The third-order valence-corrected chi connectivity index (χ3v) is 4.17. The van der Waals surface area contributed by atoms with Crippen LogP contribution >= 0.6 is 0 Å². The lowest BCUT2D eigenvalue weighted by Crippen LogP contribution is -2.39. The molecule has 0 aliphatic carbocycles. The summed E-state index contributed by atoms with van der Waals surface area (Å²) in [6.45, 7) is 4.39. The maximum absolute atomic E-state index is 12.0. The summed E-state index contributed by atoms with van der Waals surface area (Å²) < 4.78 is 25.9. The Labute approximate surface area is 120 Å². The highest BCUT2D eigenvalue weighted by atomic mass is 32.2. The van der Waals surface area contributed by atoms with Crippen LogP contribution in [0.15, 0.2) is 29.2 Å². The van der Waals surface area contributed by atoms with Gasteiger partial charge in [-0.15, -0.1) is 0 Å². The summed E-state index contributed by atoms with van der Waals surface area (Å²) in [7, 11) is -3.79. The van der Waals surface area contributed by atoms with E-state index in [0.29, 0.717) is 6.54 Å². The highest BCUT2D eigenvalue weighted by Gasteiger charge is 2.16. The molecule has 0 saturated carbocycles. The van der Waals surface area contributed by atoms with Crippen LogP contribution in [0.4, 0.5) is 4.79 Å². The zero-order chi connectivity index (χ0) is 15.0. The fraction of sp³-hybridized carbons (Fsp3) is 0.500. The second-order valence-corrected chi connectivity index (χ2v) is 6.42. The van der Waals surface area contributed by atoms with E-state index in [9.17, 15) is 13.2 Å². The summed E-state index contributed by atoms with van der Waals surface area (Å²) in [4.78, 5) is 11.6. The molecule has 1 aromatic carbocycles. The molecule has 0 aliphatic rings. The van der Waals surface area contributed by atoms with Crippen molar-refractivity contribution in [1.29, 1.82) is 0 Å². The van der Waals surface area contributed by atoms with Gasteiger partial charge in [-0.3, -0.25) is 0 Å². The Hall–Kier alpha value is -1.56. The maximum Gasteiger partial charge on any atom is 0.328 e. The van der Waals surface area contributed by atoms with Crippen molar-refractivity contribution in [3.63, 3.8) is 0 Å². The van der Waals surface area contributed by atoms with Gasteiger partial charge in [-0.2, -0.15) is 0 Å². The standard InChI is InChI=1S/C14H22N2O3S/c1-3-4-5-6-10-15-14(17)16-20(18,19)13-9-7-8-12(2)11-13/h7-9,11H,3-6,10H2,1-2H3,(H2,15,16,17). The Morgan fingerprint density at radius 3 is 2.60 bits per heavy atom. The second kappa shape index (κ2) is 7.89. The van der Waals surface area contributed by atoms with Gasteiger partial charge in [0.1, 0.15) is 0 Å². The largest absolute Gasteiger partial charge is 0.337 e. The van der Waals surface area contributed by atoms with Gasteiger partial charge in [0.15, 0.2) is 0 Å². The third-order valence-electron chi connectivity index (χ3n) is 2.84. The quantitative estimate of drug-likeness (QED) is 0.760. The van der Waals surface area contributed by atoms with Crippen LogP contribution in [0.1, 0.15) is 38.2 Å². The summed E-state index contributed by atoms with van der Waals surface area (Å²) in [6, 6.07) is 5.75. The molecule has 1 aromatic rings. The van der Waals surface area contributed by atoms with Crippen LogP contribution in [0, 0.1) is 6.92 Å². The minimum absolute atomic E-state index is 0.0960. The van der Waals surface area contributed by atoms with Gasteiger partial charge in [-0.05, 0) is 31.0 Å². The number of aryl methyl sites for hydroxylation is 1. The molecule has 0 heterocycles. The minimum atomic E-state index is -3.79. The highest BCUT2D eigenvalue weighted by Crippen LogP contribution is 2.10. The second-order valence-electron chi connectivity index (χ2n) is 4.74. The predicted octanol–water partition coefficient (Wildman–Crippen LogP) is 2.56. The van der Waals surface area contributed by atoms with E-state index in [1.807, 2.05) is 4.72 Å².